The minimum atomic E-state index is -1.57. The molecule has 1 rings (SSSR count). The number of carbonyl (C=O) groups excluding carboxylic acids is 1. The molecule has 7 unspecified atom stereocenters. The molecule has 53 heavy (non-hydrogen) atoms. The standard InChI is InChI=1S/C44H81NO8/c1-3-5-7-9-11-13-15-17-18-19-20-22-23-25-27-29-31-33-38(47)37(36-52-44-43(51)42(50)41(49)39(35-46)53-44)45-40(48)34-32-30-28-26-24-21-16-14-12-10-8-6-4-2/h14,16,23,25,31,33,37-39,41-44,46-47,49-51H,3-13,15,17-22,24,26-30,32,34-36H2,1-2H3,(H,45,48)/b16-14-,25-23+,33-31+. The normalized spacial score (nSPS) is 22.0. The first-order valence-corrected chi connectivity index (χ1v) is 21.7. The number of rotatable bonds is 35. The molecule has 310 valence electrons. The molecule has 1 fully saturated rings. The lowest BCUT2D eigenvalue weighted by Crippen LogP contribution is -2.60. The van der Waals surface area contributed by atoms with Gasteiger partial charge in [-0.2, -0.15) is 0 Å². The zero-order valence-electron chi connectivity index (χ0n) is 33.8. The first-order valence-electron chi connectivity index (χ1n) is 21.7. The van der Waals surface area contributed by atoms with Crippen LogP contribution in [0.3, 0.4) is 0 Å². The Morgan fingerprint density at radius 1 is 0.623 bits per heavy atom. The zero-order valence-corrected chi connectivity index (χ0v) is 33.8. The number of aliphatic hydroxyl groups is 5. The highest BCUT2D eigenvalue weighted by atomic mass is 16.7. The highest BCUT2D eigenvalue weighted by molar-refractivity contribution is 5.76. The van der Waals surface area contributed by atoms with E-state index in [9.17, 15) is 30.3 Å². The van der Waals surface area contributed by atoms with Gasteiger partial charge in [0, 0.05) is 6.42 Å². The predicted molar refractivity (Wildman–Crippen MR) is 216 cm³/mol. The summed E-state index contributed by atoms with van der Waals surface area (Å²) in [4.78, 5) is 12.9. The van der Waals surface area contributed by atoms with Gasteiger partial charge in [-0.1, -0.05) is 153 Å². The third-order valence-corrected chi connectivity index (χ3v) is 10.2. The monoisotopic (exact) mass is 752 g/mol. The molecule has 1 aliphatic rings. The molecule has 7 atom stereocenters. The van der Waals surface area contributed by atoms with Gasteiger partial charge in [0.2, 0.25) is 5.91 Å². The molecule has 1 amide bonds. The van der Waals surface area contributed by atoms with Gasteiger partial charge < -0.3 is 40.3 Å². The van der Waals surface area contributed by atoms with Crippen LogP contribution in [0.25, 0.3) is 0 Å². The lowest BCUT2D eigenvalue weighted by Gasteiger charge is -2.40. The summed E-state index contributed by atoms with van der Waals surface area (Å²) < 4.78 is 11.2. The summed E-state index contributed by atoms with van der Waals surface area (Å²) in [6.45, 7) is 3.72. The Morgan fingerprint density at radius 2 is 1.08 bits per heavy atom. The fourth-order valence-corrected chi connectivity index (χ4v) is 6.64. The Kier molecular flexibility index (Phi) is 32.5. The van der Waals surface area contributed by atoms with Gasteiger partial charge in [-0.25, -0.2) is 0 Å². The number of aliphatic hydroxyl groups excluding tert-OH is 5. The molecule has 0 saturated carbocycles. The number of carbonyl (C=O) groups is 1. The van der Waals surface area contributed by atoms with Crippen LogP contribution in [0.4, 0.5) is 0 Å². The van der Waals surface area contributed by atoms with Crippen molar-refractivity contribution in [2.75, 3.05) is 13.2 Å². The van der Waals surface area contributed by atoms with Crippen molar-refractivity contribution >= 4 is 5.91 Å². The van der Waals surface area contributed by atoms with E-state index in [1.165, 1.54) is 103 Å². The van der Waals surface area contributed by atoms with Crippen LogP contribution in [0, 0.1) is 0 Å². The molecule has 0 aliphatic carbocycles. The molecule has 0 aromatic heterocycles. The van der Waals surface area contributed by atoms with Gasteiger partial charge in [0.25, 0.3) is 0 Å². The SMILES string of the molecule is CCCCCC/C=C\CCCCCCCC(=O)NC(COC1OC(CO)C(O)C(O)C1O)C(O)/C=C/CC/C=C/CCCCCCCCCCCCC. The van der Waals surface area contributed by atoms with E-state index in [1.54, 1.807) is 6.08 Å². The molecule has 0 aromatic rings. The average molecular weight is 752 g/mol. The molecule has 1 saturated heterocycles. The summed E-state index contributed by atoms with van der Waals surface area (Å²) in [6.07, 6.45) is 34.7. The third kappa shape index (κ3) is 26.0. The molecule has 0 spiro atoms. The van der Waals surface area contributed by atoms with Crippen molar-refractivity contribution in [2.24, 2.45) is 0 Å². The first kappa shape index (κ1) is 49.4. The number of hydrogen-bond acceptors (Lipinski definition) is 8. The maximum atomic E-state index is 12.9. The van der Waals surface area contributed by atoms with Gasteiger partial charge in [-0.05, 0) is 57.8 Å². The second-order valence-electron chi connectivity index (χ2n) is 15.1. The zero-order chi connectivity index (χ0) is 38.8. The van der Waals surface area contributed by atoms with Crippen molar-refractivity contribution in [3.8, 4) is 0 Å². The summed E-state index contributed by atoms with van der Waals surface area (Å²) in [5, 5.41) is 54.0. The van der Waals surface area contributed by atoms with E-state index in [0.29, 0.717) is 6.42 Å². The van der Waals surface area contributed by atoms with Crippen molar-refractivity contribution in [1.29, 1.82) is 0 Å². The van der Waals surface area contributed by atoms with Gasteiger partial charge in [-0.15, -0.1) is 0 Å². The van der Waals surface area contributed by atoms with Crippen molar-refractivity contribution in [1.82, 2.24) is 5.32 Å². The minimum absolute atomic E-state index is 0.198. The summed E-state index contributed by atoms with van der Waals surface area (Å²) in [5.74, 6) is -0.198. The van der Waals surface area contributed by atoms with E-state index in [0.717, 1.165) is 57.8 Å². The maximum Gasteiger partial charge on any atom is 0.220 e. The Labute approximate surface area is 323 Å². The summed E-state index contributed by atoms with van der Waals surface area (Å²) >= 11 is 0. The van der Waals surface area contributed by atoms with Gasteiger partial charge >= 0.3 is 0 Å². The Bertz CT molecular complexity index is 925. The molecule has 1 heterocycles. The summed E-state index contributed by atoms with van der Waals surface area (Å²) in [6, 6.07) is -0.823. The van der Waals surface area contributed by atoms with Crippen molar-refractivity contribution in [3.63, 3.8) is 0 Å². The van der Waals surface area contributed by atoms with E-state index in [2.05, 4.69) is 43.5 Å². The number of hydrogen-bond donors (Lipinski definition) is 6. The van der Waals surface area contributed by atoms with Crippen LogP contribution in [0.1, 0.15) is 181 Å². The van der Waals surface area contributed by atoms with Crippen molar-refractivity contribution < 1.29 is 39.8 Å². The fraction of sp³-hybridized carbons (Fsp3) is 0.841. The Balaban J connectivity index is 2.43. The van der Waals surface area contributed by atoms with E-state index in [1.807, 2.05) is 6.08 Å². The first-order chi connectivity index (χ1) is 25.8. The number of nitrogens with one attached hydrogen (secondary N) is 1. The molecular weight excluding hydrogens is 670 g/mol. The van der Waals surface area contributed by atoms with Crippen LogP contribution in [0.5, 0.6) is 0 Å². The molecular formula is C44H81NO8. The van der Waals surface area contributed by atoms with E-state index in [-0.39, 0.29) is 12.5 Å². The number of unbranched alkanes of at least 4 members (excludes halogenated alkanes) is 21. The lowest BCUT2D eigenvalue weighted by molar-refractivity contribution is -0.302. The van der Waals surface area contributed by atoms with E-state index >= 15 is 0 Å². The van der Waals surface area contributed by atoms with Crippen LogP contribution >= 0.6 is 0 Å². The van der Waals surface area contributed by atoms with E-state index < -0.39 is 49.5 Å². The quantitative estimate of drug-likeness (QED) is 0.0279. The van der Waals surface area contributed by atoms with Gasteiger partial charge in [0.05, 0.1) is 25.4 Å². The molecule has 0 bridgehead atoms. The number of amides is 1. The third-order valence-electron chi connectivity index (χ3n) is 10.2. The number of ether oxygens (including phenoxy) is 2. The molecule has 0 aromatic carbocycles. The van der Waals surface area contributed by atoms with E-state index in [4.69, 9.17) is 9.47 Å². The second-order valence-corrected chi connectivity index (χ2v) is 15.1. The van der Waals surface area contributed by atoms with Crippen molar-refractivity contribution in [2.45, 2.75) is 224 Å². The topological polar surface area (TPSA) is 149 Å². The average Bonchev–Trinajstić information content (AvgIpc) is 3.16. The van der Waals surface area contributed by atoms with Crippen molar-refractivity contribution in [3.05, 3.63) is 36.5 Å². The largest absolute Gasteiger partial charge is 0.394 e. The predicted octanol–water partition coefficient (Wildman–Crippen LogP) is 8.50. The smallest absolute Gasteiger partial charge is 0.220 e. The Morgan fingerprint density at radius 3 is 1.60 bits per heavy atom. The van der Waals surface area contributed by atoms with Gasteiger partial charge in [0.1, 0.15) is 24.4 Å². The maximum absolute atomic E-state index is 12.9. The molecule has 9 heteroatoms. The summed E-state index contributed by atoms with van der Waals surface area (Å²) in [7, 11) is 0. The Hall–Kier alpha value is -1.59. The van der Waals surface area contributed by atoms with Crippen LogP contribution in [-0.2, 0) is 14.3 Å². The molecule has 0 radical (unpaired) electrons. The second kappa shape index (κ2) is 34.9. The molecule has 6 N–H and O–H groups in total. The van der Waals surface area contributed by atoms with Crippen LogP contribution in [-0.4, -0.2) is 87.5 Å². The molecule has 9 nitrogen and oxygen atoms in total. The summed E-state index contributed by atoms with van der Waals surface area (Å²) in [5.41, 5.74) is 0. The number of allylic oxidation sites excluding steroid dienone is 5. The molecule has 1 aliphatic heterocycles. The lowest BCUT2D eigenvalue weighted by atomic mass is 9.99. The van der Waals surface area contributed by atoms with Crippen LogP contribution < -0.4 is 5.32 Å². The highest BCUT2D eigenvalue weighted by Gasteiger charge is 2.44. The van der Waals surface area contributed by atoms with Gasteiger partial charge in [-0.3, -0.25) is 4.79 Å². The fourth-order valence-electron chi connectivity index (χ4n) is 6.64. The van der Waals surface area contributed by atoms with Gasteiger partial charge in [0.15, 0.2) is 6.29 Å². The van der Waals surface area contributed by atoms with Crippen LogP contribution in [0.15, 0.2) is 36.5 Å². The van der Waals surface area contributed by atoms with Crippen LogP contribution in [0.2, 0.25) is 0 Å². The highest BCUT2D eigenvalue weighted by Crippen LogP contribution is 2.22. The minimum Gasteiger partial charge on any atom is -0.394 e.